The first kappa shape index (κ1) is 17.7. The predicted molar refractivity (Wildman–Crippen MR) is 101 cm³/mol. The van der Waals surface area contributed by atoms with Crippen molar-refractivity contribution in [2.45, 2.75) is 6.54 Å². The van der Waals surface area contributed by atoms with Gasteiger partial charge in [0.2, 0.25) is 0 Å². The zero-order chi connectivity index (χ0) is 18.4. The maximum absolute atomic E-state index is 12.3. The number of rotatable bonds is 6. The zero-order valence-corrected chi connectivity index (χ0v) is 14.8. The number of methoxy groups -OCH3 is 1. The summed E-state index contributed by atoms with van der Waals surface area (Å²) in [6, 6.07) is 10.8. The summed E-state index contributed by atoms with van der Waals surface area (Å²) in [7, 11) is 1.56. The van der Waals surface area contributed by atoms with E-state index in [1.165, 1.54) is 6.20 Å². The van der Waals surface area contributed by atoms with Gasteiger partial charge in [0.1, 0.15) is 5.75 Å². The number of benzene rings is 1. The Hall–Kier alpha value is -3.12. The second-order valence-corrected chi connectivity index (χ2v) is 5.88. The molecular formula is C19H17ClN4O2. The lowest BCUT2D eigenvalue weighted by Crippen LogP contribution is -2.23. The quantitative estimate of drug-likeness (QED) is 0.691. The fourth-order valence-electron chi connectivity index (χ4n) is 2.33. The molecule has 0 aliphatic heterocycles. The van der Waals surface area contributed by atoms with Crippen molar-refractivity contribution in [3.63, 3.8) is 0 Å². The Kier molecular flexibility index (Phi) is 5.66. The molecule has 26 heavy (non-hydrogen) atoms. The summed E-state index contributed by atoms with van der Waals surface area (Å²) in [4.78, 5) is 20.4. The number of aromatic nitrogens is 2. The van der Waals surface area contributed by atoms with E-state index in [9.17, 15) is 4.79 Å². The van der Waals surface area contributed by atoms with Crippen LogP contribution in [0, 0.1) is 0 Å². The first-order chi connectivity index (χ1) is 12.7. The summed E-state index contributed by atoms with van der Waals surface area (Å²) in [5.41, 5.74) is 2.89. The molecule has 3 aromatic rings. The van der Waals surface area contributed by atoms with Gasteiger partial charge in [-0.25, -0.2) is 0 Å². The van der Waals surface area contributed by atoms with Gasteiger partial charge in [0.15, 0.2) is 0 Å². The minimum Gasteiger partial charge on any atom is -0.495 e. The van der Waals surface area contributed by atoms with Crippen molar-refractivity contribution in [3.8, 4) is 5.75 Å². The summed E-state index contributed by atoms with van der Waals surface area (Å²) in [5, 5.41) is 6.53. The molecule has 2 N–H and O–H groups in total. The van der Waals surface area contributed by atoms with Crippen molar-refractivity contribution >= 4 is 28.9 Å². The van der Waals surface area contributed by atoms with Gasteiger partial charge in [-0.05, 0) is 42.0 Å². The number of nitrogens with one attached hydrogen (secondary N) is 2. The SMILES string of the molecule is COc1ccc(Nc2cncc(C(=O)NCc3ccncc3)c2)cc1Cl. The summed E-state index contributed by atoms with van der Waals surface area (Å²) < 4.78 is 5.14. The third-order valence-corrected chi connectivity index (χ3v) is 3.94. The molecule has 0 unspecified atom stereocenters. The molecule has 0 saturated heterocycles. The fraction of sp³-hybridized carbons (Fsp3) is 0.105. The van der Waals surface area contributed by atoms with Gasteiger partial charge >= 0.3 is 0 Å². The lowest BCUT2D eigenvalue weighted by Gasteiger charge is -2.10. The zero-order valence-electron chi connectivity index (χ0n) is 14.1. The van der Waals surface area contributed by atoms with Crippen molar-refractivity contribution in [2.24, 2.45) is 0 Å². The molecule has 1 aromatic carbocycles. The van der Waals surface area contributed by atoms with Crippen molar-refractivity contribution in [3.05, 3.63) is 77.3 Å². The number of hydrogen-bond acceptors (Lipinski definition) is 5. The summed E-state index contributed by atoms with van der Waals surface area (Å²) >= 11 is 6.13. The number of hydrogen-bond donors (Lipinski definition) is 2. The number of anilines is 2. The van der Waals surface area contributed by atoms with Crippen LogP contribution in [0.4, 0.5) is 11.4 Å². The van der Waals surface area contributed by atoms with Crippen LogP contribution in [-0.4, -0.2) is 23.0 Å². The van der Waals surface area contributed by atoms with Gasteiger partial charge in [-0.2, -0.15) is 0 Å². The molecule has 0 fully saturated rings. The minimum atomic E-state index is -0.203. The molecule has 7 heteroatoms. The molecule has 0 saturated carbocycles. The van der Waals surface area contributed by atoms with E-state index in [1.54, 1.807) is 43.9 Å². The molecule has 0 aliphatic carbocycles. The molecular weight excluding hydrogens is 352 g/mol. The van der Waals surface area contributed by atoms with E-state index in [1.807, 2.05) is 18.2 Å². The van der Waals surface area contributed by atoms with Crippen LogP contribution in [0.5, 0.6) is 5.75 Å². The first-order valence-electron chi connectivity index (χ1n) is 7.88. The van der Waals surface area contributed by atoms with E-state index in [4.69, 9.17) is 16.3 Å². The van der Waals surface area contributed by atoms with Crippen LogP contribution in [0.1, 0.15) is 15.9 Å². The second kappa shape index (κ2) is 8.31. The molecule has 132 valence electrons. The van der Waals surface area contributed by atoms with E-state index >= 15 is 0 Å². The Bertz CT molecular complexity index is 903. The van der Waals surface area contributed by atoms with Gasteiger partial charge < -0.3 is 15.4 Å². The Morgan fingerprint density at radius 1 is 1.08 bits per heavy atom. The number of halogens is 1. The molecule has 6 nitrogen and oxygen atoms in total. The number of amides is 1. The standard InChI is InChI=1S/C19H17ClN4O2/c1-26-18-3-2-15(9-17(18)20)24-16-8-14(11-22-12-16)19(25)23-10-13-4-6-21-7-5-13/h2-9,11-12,24H,10H2,1H3,(H,23,25). The molecule has 0 radical (unpaired) electrons. The molecule has 2 aromatic heterocycles. The smallest absolute Gasteiger partial charge is 0.253 e. The average molecular weight is 369 g/mol. The average Bonchev–Trinajstić information content (AvgIpc) is 2.67. The van der Waals surface area contributed by atoms with Crippen molar-refractivity contribution in [1.29, 1.82) is 0 Å². The molecule has 2 heterocycles. The minimum absolute atomic E-state index is 0.203. The highest BCUT2D eigenvalue weighted by Gasteiger charge is 2.08. The second-order valence-electron chi connectivity index (χ2n) is 5.47. The summed E-state index contributed by atoms with van der Waals surface area (Å²) in [6.07, 6.45) is 6.53. The van der Waals surface area contributed by atoms with E-state index < -0.39 is 0 Å². The third-order valence-electron chi connectivity index (χ3n) is 3.64. The molecule has 0 spiro atoms. The highest BCUT2D eigenvalue weighted by molar-refractivity contribution is 6.32. The van der Waals surface area contributed by atoms with Crippen LogP contribution in [0.2, 0.25) is 5.02 Å². The van der Waals surface area contributed by atoms with E-state index in [0.29, 0.717) is 28.6 Å². The van der Waals surface area contributed by atoms with Gasteiger partial charge in [-0.15, -0.1) is 0 Å². The molecule has 0 atom stereocenters. The largest absolute Gasteiger partial charge is 0.495 e. The first-order valence-corrected chi connectivity index (χ1v) is 8.26. The van der Waals surface area contributed by atoms with Gasteiger partial charge in [0.25, 0.3) is 5.91 Å². The lowest BCUT2D eigenvalue weighted by atomic mass is 10.2. The maximum Gasteiger partial charge on any atom is 0.253 e. The highest BCUT2D eigenvalue weighted by atomic mass is 35.5. The predicted octanol–water partition coefficient (Wildman–Crippen LogP) is 3.81. The molecule has 3 rings (SSSR count). The van der Waals surface area contributed by atoms with E-state index in [0.717, 1.165) is 11.3 Å². The van der Waals surface area contributed by atoms with Gasteiger partial charge in [-0.1, -0.05) is 11.6 Å². The van der Waals surface area contributed by atoms with E-state index in [2.05, 4.69) is 20.6 Å². The van der Waals surface area contributed by atoms with Crippen molar-refractivity contribution in [1.82, 2.24) is 15.3 Å². The topological polar surface area (TPSA) is 76.1 Å². The number of ether oxygens (including phenoxy) is 1. The van der Waals surface area contributed by atoms with Crippen LogP contribution in [0.25, 0.3) is 0 Å². The number of carbonyl (C=O) groups is 1. The maximum atomic E-state index is 12.3. The van der Waals surface area contributed by atoms with Crippen LogP contribution in [0.15, 0.2) is 61.2 Å². The Labute approximate surface area is 156 Å². The van der Waals surface area contributed by atoms with Crippen LogP contribution in [-0.2, 0) is 6.54 Å². The number of pyridine rings is 2. The molecule has 0 bridgehead atoms. The Balaban J connectivity index is 1.67. The van der Waals surface area contributed by atoms with Crippen molar-refractivity contribution in [2.75, 3.05) is 12.4 Å². The molecule has 1 amide bonds. The Morgan fingerprint density at radius 2 is 1.88 bits per heavy atom. The summed E-state index contributed by atoms with van der Waals surface area (Å²) in [5.74, 6) is 0.394. The van der Waals surface area contributed by atoms with Crippen LogP contribution >= 0.6 is 11.6 Å². The highest BCUT2D eigenvalue weighted by Crippen LogP contribution is 2.28. The lowest BCUT2D eigenvalue weighted by molar-refractivity contribution is 0.0950. The third kappa shape index (κ3) is 4.49. The van der Waals surface area contributed by atoms with Crippen molar-refractivity contribution < 1.29 is 9.53 Å². The Morgan fingerprint density at radius 3 is 2.62 bits per heavy atom. The number of nitrogens with zero attached hydrogens (tertiary/aromatic N) is 2. The summed E-state index contributed by atoms with van der Waals surface area (Å²) in [6.45, 7) is 0.424. The van der Waals surface area contributed by atoms with E-state index in [-0.39, 0.29) is 5.91 Å². The fourth-order valence-corrected chi connectivity index (χ4v) is 2.59. The van der Waals surface area contributed by atoms with Crippen LogP contribution in [0.3, 0.4) is 0 Å². The van der Waals surface area contributed by atoms with Crippen LogP contribution < -0.4 is 15.4 Å². The number of carbonyl (C=O) groups excluding carboxylic acids is 1. The molecule has 0 aliphatic rings. The van der Waals surface area contributed by atoms with Gasteiger partial charge in [-0.3, -0.25) is 14.8 Å². The normalized spacial score (nSPS) is 10.2. The monoisotopic (exact) mass is 368 g/mol. The van der Waals surface area contributed by atoms with Gasteiger partial charge in [0, 0.05) is 30.8 Å². The van der Waals surface area contributed by atoms with Gasteiger partial charge in [0.05, 0.1) is 29.6 Å².